The molecule has 2 aromatic heterocycles. The minimum absolute atomic E-state index is 0.247. The molecular formula is C24H24N6O. The predicted octanol–water partition coefficient (Wildman–Crippen LogP) is 4.02. The van der Waals surface area contributed by atoms with Crippen molar-refractivity contribution in [2.45, 2.75) is 20.3 Å². The summed E-state index contributed by atoms with van der Waals surface area (Å²) < 4.78 is 0. The molecule has 0 spiro atoms. The fourth-order valence-electron chi connectivity index (χ4n) is 3.39. The number of carbonyl (C=O) groups is 1. The molecule has 0 atom stereocenters. The van der Waals surface area contributed by atoms with Crippen LogP contribution in [0.3, 0.4) is 0 Å². The molecule has 31 heavy (non-hydrogen) atoms. The van der Waals surface area contributed by atoms with Crippen LogP contribution in [0.4, 0.5) is 5.95 Å². The molecule has 0 unspecified atom stereocenters. The highest BCUT2D eigenvalue weighted by molar-refractivity contribution is 6.09. The zero-order chi connectivity index (χ0) is 21.6. The molecule has 2 heterocycles. The molecule has 0 aliphatic rings. The number of amides is 1. The van der Waals surface area contributed by atoms with E-state index >= 15 is 0 Å². The fraction of sp³-hybridized carbons (Fsp3) is 0.167. The maximum absolute atomic E-state index is 12.7. The Morgan fingerprint density at radius 2 is 1.71 bits per heavy atom. The summed E-state index contributed by atoms with van der Waals surface area (Å²) in [5.41, 5.74) is 4.50. The summed E-state index contributed by atoms with van der Waals surface area (Å²) in [5, 5.41) is 7.10. The second kappa shape index (κ2) is 9.21. The molecule has 0 fully saturated rings. The standard InChI is InChI=1S/C24H24N6O/c1-16-14-17(2)28-24(27-16)30-23(29-22(31)18-8-4-3-5-9-18)25-13-12-19-15-26-21-11-7-6-10-20(19)21/h3-11,14-15,26H,12-13H2,1-2H3,(H2,25,27,28,29,30,31). The molecule has 2 aromatic carbocycles. The van der Waals surface area contributed by atoms with Gasteiger partial charge in [-0.3, -0.25) is 20.4 Å². The van der Waals surface area contributed by atoms with Crippen LogP contribution in [0.5, 0.6) is 0 Å². The number of aryl methyl sites for hydroxylation is 2. The molecule has 4 aromatic rings. The van der Waals surface area contributed by atoms with Crippen molar-refractivity contribution in [3.8, 4) is 0 Å². The number of nitrogens with zero attached hydrogens (tertiary/aromatic N) is 3. The Kier molecular flexibility index (Phi) is 6.03. The number of aromatic nitrogens is 3. The number of hydrogen-bond acceptors (Lipinski definition) is 4. The van der Waals surface area contributed by atoms with E-state index in [0.717, 1.165) is 23.3 Å². The molecular weight excluding hydrogens is 388 g/mol. The third-order valence-electron chi connectivity index (χ3n) is 4.81. The van der Waals surface area contributed by atoms with Crippen LogP contribution in [0.1, 0.15) is 27.3 Å². The smallest absolute Gasteiger partial charge is 0.257 e. The SMILES string of the molecule is Cc1cc(C)nc(NC(=NCCc2c[nH]c3ccccc23)NC(=O)c2ccccc2)n1. The van der Waals surface area contributed by atoms with Crippen molar-refractivity contribution in [1.29, 1.82) is 0 Å². The average molecular weight is 412 g/mol. The highest BCUT2D eigenvalue weighted by Gasteiger charge is 2.11. The van der Waals surface area contributed by atoms with Gasteiger partial charge in [0.15, 0.2) is 0 Å². The van der Waals surface area contributed by atoms with Crippen molar-refractivity contribution in [2.75, 3.05) is 11.9 Å². The number of guanidine groups is 1. The van der Waals surface area contributed by atoms with Crippen molar-refractivity contribution >= 4 is 28.7 Å². The Morgan fingerprint density at radius 1 is 1.00 bits per heavy atom. The van der Waals surface area contributed by atoms with E-state index in [2.05, 4.69) is 36.6 Å². The second-order valence-corrected chi connectivity index (χ2v) is 7.26. The third kappa shape index (κ3) is 5.14. The van der Waals surface area contributed by atoms with Gasteiger partial charge in [0.2, 0.25) is 11.9 Å². The van der Waals surface area contributed by atoms with E-state index in [1.54, 1.807) is 12.1 Å². The predicted molar refractivity (Wildman–Crippen MR) is 123 cm³/mol. The maximum Gasteiger partial charge on any atom is 0.257 e. The first-order valence-electron chi connectivity index (χ1n) is 10.1. The van der Waals surface area contributed by atoms with Gasteiger partial charge in [-0.2, -0.15) is 0 Å². The Bertz CT molecular complexity index is 1210. The van der Waals surface area contributed by atoms with E-state index in [4.69, 9.17) is 0 Å². The highest BCUT2D eigenvalue weighted by atomic mass is 16.1. The minimum atomic E-state index is -0.247. The Morgan fingerprint density at radius 3 is 2.48 bits per heavy atom. The van der Waals surface area contributed by atoms with Crippen LogP contribution in [-0.4, -0.2) is 33.4 Å². The van der Waals surface area contributed by atoms with Crippen molar-refractivity contribution < 1.29 is 4.79 Å². The number of aliphatic imine (C=N–C) groups is 1. The molecule has 4 rings (SSSR count). The molecule has 0 bridgehead atoms. The van der Waals surface area contributed by atoms with Gasteiger partial charge in [0.1, 0.15) is 0 Å². The van der Waals surface area contributed by atoms with Gasteiger partial charge >= 0.3 is 0 Å². The number of H-pyrrole nitrogens is 1. The summed E-state index contributed by atoms with van der Waals surface area (Å²) in [7, 11) is 0. The minimum Gasteiger partial charge on any atom is -0.361 e. The van der Waals surface area contributed by atoms with Crippen LogP contribution in [0.15, 0.2) is 71.9 Å². The number of fused-ring (bicyclic) bond motifs is 1. The lowest BCUT2D eigenvalue weighted by Gasteiger charge is -2.11. The van der Waals surface area contributed by atoms with Crippen LogP contribution in [0.25, 0.3) is 10.9 Å². The van der Waals surface area contributed by atoms with Gasteiger partial charge in [0.25, 0.3) is 5.91 Å². The topological polar surface area (TPSA) is 95.1 Å². The summed E-state index contributed by atoms with van der Waals surface area (Å²) >= 11 is 0. The molecule has 7 heteroatoms. The summed E-state index contributed by atoms with van der Waals surface area (Å²) in [6.45, 7) is 4.29. The highest BCUT2D eigenvalue weighted by Crippen LogP contribution is 2.18. The lowest BCUT2D eigenvalue weighted by molar-refractivity contribution is 0.0977. The molecule has 0 aliphatic heterocycles. The lowest BCUT2D eigenvalue weighted by atomic mass is 10.1. The number of anilines is 1. The third-order valence-corrected chi connectivity index (χ3v) is 4.81. The normalized spacial score (nSPS) is 11.5. The van der Waals surface area contributed by atoms with Crippen molar-refractivity contribution in [1.82, 2.24) is 20.3 Å². The molecule has 3 N–H and O–H groups in total. The van der Waals surface area contributed by atoms with Gasteiger partial charge < -0.3 is 4.98 Å². The largest absolute Gasteiger partial charge is 0.361 e. The lowest BCUT2D eigenvalue weighted by Crippen LogP contribution is -2.36. The number of carbonyl (C=O) groups excluding carboxylic acids is 1. The summed E-state index contributed by atoms with van der Waals surface area (Å²) in [4.78, 5) is 29.3. The van der Waals surface area contributed by atoms with E-state index < -0.39 is 0 Å². The van der Waals surface area contributed by atoms with E-state index in [0.29, 0.717) is 24.0 Å². The zero-order valence-electron chi connectivity index (χ0n) is 17.5. The number of para-hydroxylation sites is 1. The van der Waals surface area contributed by atoms with Gasteiger partial charge in [0.05, 0.1) is 0 Å². The first kappa shape index (κ1) is 20.3. The second-order valence-electron chi connectivity index (χ2n) is 7.26. The molecule has 156 valence electrons. The maximum atomic E-state index is 12.7. The Hall–Kier alpha value is -4.00. The molecule has 7 nitrogen and oxygen atoms in total. The summed E-state index contributed by atoms with van der Waals surface area (Å²) in [5.74, 6) is 0.471. The van der Waals surface area contributed by atoms with Gasteiger partial charge in [-0.05, 0) is 50.1 Å². The number of aromatic amines is 1. The van der Waals surface area contributed by atoms with Crippen LogP contribution in [0, 0.1) is 13.8 Å². The van der Waals surface area contributed by atoms with Crippen molar-refractivity contribution in [3.05, 3.63) is 89.4 Å². The Balaban J connectivity index is 1.53. The van der Waals surface area contributed by atoms with Gasteiger partial charge in [-0.1, -0.05) is 36.4 Å². The summed E-state index contributed by atoms with van der Waals surface area (Å²) in [6, 6.07) is 19.1. The quantitative estimate of drug-likeness (QED) is 0.341. The van der Waals surface area contributed by atoms with E-state index in [9.17, 15) is 4.79 Å². The van der Waals surface area contributed by atoms with Gasteiger partial charge in [-0.25, -0.2) is 9.97 Å². The van der Waals surface area contributed by atoms with Crippen molar-refractivity contribution in [3.63, 3.8) is 0 Å². The summed E-state index contributed by atoms with van der Waals surface area (Å²) in [6.07, 6.45) is 2.73. The first-order valence-corrected chi connectivity index (χ1v) is 10.1. The van der Waals surface area contributed by atoms with Gasteiger partial charge in [-0.15, -0.1) is 0 Å². The van der Waals surface area contributed by atoms with Crippen molar-refractivity contribution in [2.24, 2.45) is 4.99 Å². The number of benzene rings is 2. The van der Waals surface area contributed by atoms with Crippen LogP contribution < -0.4 is 10.6 Å². The fourth-order valence-corrected chi connectivity index (χ4v) is 3.39. The molecule has 0 saturated heterocycles. The molecule has 0 radical (unpaired) electrons. The molecule has 0 aliphatic carbocycles. The van der Waals surface area contributed by atoms with Crippen LogP contribution >= 0.6 is 0 Å². The average Bonchev–Trinajstić information content (AvgIpc) is 3.17. The van der Waals surface area contributed by atoms with Gasteiger partial charge in [0, 0.05) is 40.6 Å². The zero-order valence-corrected chi connectivity index (χ0v) is 17.5. The van der Waals surface area contributed by atoms with Crippen LogP contribution in [0.2, 0.25) is 0 Å². The monoisotopic (exact) mass is 412 g/mol. The molecule has 1 amide bonds. The van der Waals surface area contributed by atoms with E-state index in [-0.39, 0.29) is 5.91 Å². The first-order chi connectivity index (χ1) is 15.1. The van der Waals surface area contributed by atoms with Crippen LogP contribution in [-0.2, 0) is 6.42 Å². The molecule has 0 saturated carbocycles. The van der Waals surface area contributed by atoms with E-state index in [1.807, 2.05) is 62.5 Å². The number of rotatable bonds is 5. The van der Waals surface area contributed by atoms with E-state index in [1.165, 1.54) is 10.9 Å². The number of hydrogen-bond donors (Lipinski definition) is 3. The Labute approximate surface area is 180 Å². The number of nitrogens with one attached hydrogen (secondary N) is 3.